The first-order chi connectivity index (χ1) is 7.50. The van der Waals surface area contributed by atoms with E-state index in [9.17, 15) is 9.00 Å². The van der Waals surface area contributed by atoms with Crippen molar-refractivity contribution in [2.75, 3.05) is 5.75 Å². The van der Waals surface area contributed by atoms with E-state index in [1.54, 1.807) is 12.1 Å². The van der Waals surface area contributed by atoms with Crippen LogP contribution >= 0.6 is 0 Å². The summed E-state index contributed by atoms with van der Waals surface area (Å²) in [6, 6.07) is 6.33. The molecule has 88 valence electrons. The van der Waals surface area contributed by atoms with Crippen LogP contribution in [0.2, 0.25) is 0 Å². The third-order valence-electron chi connectivity index (χ3n) is 2.22. The maximum atomic E-state index is 11.8. The highest BCUT2D eigenvalue weighted by Gasteiger charge is 2.08. The van der Waals surface area contributed by atoms with Crippen molar-refractivity contribution in [1.29, 1.82) is 0 Å². The van der Waals surface area contributed by atoms with Crippen molar-refractivity contribution in [1.82, 2.24) is 0 Å². The smallest absolute Gasteiger partial charge is 0.335 e. The first kappa shape index (κ1) is 12.9. The van der Waals surface area contributed by atoms with E-state index in [-0.39, 0.29) is 5.56 Å². The average molecular weight is 240 g/mol. The molecule has 0 aromatic heterocycles. The van der Waals surface area contributed by atoms with Crippen molar-refractivity contribution in [3.05, 3.63) is 29.8 Å². The van der Waals surface area contributed by atoms with Crippen LogP contribution in [0.1, 0.15) is 30.6 Å². The summed E-state index contributed by atoms with van der Waals surface area (Å²) in [5.41, 5.74) is 0.190. The van der Waals surface area contributed by atoms with Crippen molar-refractivity contribution in [2.45, 2.75) is 25.2 Å². The summed E-state index contributed by atoms with van der Waals surface area (Å²) in [5, 5.41) is 8.81. The molecule has 0 spiro atoms. The van der Waals surface area contributed by atoms with Crippen LogP contribution < -0.4 is 0 Å². The van der Waals surface area contributed by atoms with Crippen molar-refractivity contribution < 1.29 is 14.1 Å². The van der Waals surface area contributed by atoms with Gasteiger partial charge in [0.15, 0.2) is 0 Å². The molecule has 16 heavy (non-hydrogen) atoms. The second-order valence-corrected chi connectivity index (χ2v) is 5.64. The summed E-state index contributed by atoms with van der Waals surface area (Å²) in [7, 11) is -1.09. The standard InChI is InChI=1S/C12H16O3S/c1-9(2)6-7-16(15)11-5-3-4-10(8-11)12(13)14/h3-5,8-9H,6-7H2,1-2H3,(H,13,14). The second kappa shape index (κ2) is 5.80. The van der Waals surface area contributed by atoms with E-state index in [1.165, 1.54) is 12.1 Å². The van der Waals surface area contributed by atoms with Gasteiger partial charge in [0.1, 0.15) is 0 Å². The molecule has 0 radical (unpaired) electrons. The molecule has 0 bridgehead atoms. The summed E-state index contributed by atoms with van der Waals surface area (Å²) in [5.74, 6) is 0.107. The molecule has 4 heteroatoms. The van der Waals surface area contributed by atoms with Gasteiger partial charge in [-0.15, -0.1) is 0 Å². The van der Waals surface area contributed by atoms with Gasteiger partial charge in [-0.2, -0.15) is 0 Å². The van der Waals surface area contributed by atoms with Crippen LogP contribution in [0.25, 0.3) is 0 Å². The van der Waals surface area contributed by atoms with E-state index in [0.29, 0.717) is 16.6 Å². The monoisotopic (exact) mass is 240 g/mol. The first-order valence-corrected chi connectivity index (χ1v) is 6.54. The van der Waals surface area contributed by atoms with E-state index in [1.807, 2.05) is 0 Å². The Balaban J connectivity index is 2.76. The highest BCUT2D eigenvalue weighted by Crippen LogP contribution is 2.12. The topological polar surface area (TPSA) is 54.4 Å². The Kier molecular flexibility index (Phi) is 4.68. The second-order valence-electron chi connectivity index (χ2n) is 4.07. The van der Waals surface area contributed by atoms with E-state index >= 15 is 0 Å². The van der Waals surface area contributed by atoms with Gasteiger partial charge in [0.2, 0.25) is 0 Å². The molecular formula is C12H16O3S. The predicted octanol–water partition coefficient (Wildman–Crippen LogP) is 2.54. The fraction of sp³-hybridized carbons (Fsp3) is 0.417. The largest absolute Gasteiger partial charge is 0.478 e. The molecule has 0 aliphatic heterocycles. The van der Waals surface area contributed by atoms with Gasteiger partial charge in [0.25, 0.3) is 0 Å². The van der Waals surface area contributed by atoms with Crippen molar-refractivity contribution in [2.24, 2.45) is 5.92 Å². The van der Waals surface area contributed by atoms with Gasteiger partial charge >= 0.3 is 5.97 Å². The Morgan fingerprint density at radius 3 is 2.69 bits per heavy atom. The van der Waals surface area contributed by atoms with Crippen molar-refractivity contribution in [3.63, 3.8) is 0 Å². The Morgan fingerprint density at radius 1 is 1.44 bits per heavy atom. The number of hydrogen-bond acceptors (Lipinski definition) is 2. The Labute approximate surface area is 98.0 Å². The number of carboxylic acid groups (broad SMARTS) is 1. The molecule has 1 aromatic carbocycles. The van der Waals surface area contributed by atoms with Gasteiger partial charge in [-0.1, -0.05) is 19.9 Å². The lowest BCUT2D eigenvalue weighted by atomic mass is 10.2. The molecule has 1 unspecified atom stereocenters. The number of carbonyl (C=O) groups is 1. The van der Waals surface area contributed by atoms with Crippen LogP contribution in [0.4, 0.5) is 0 Å². The number of hydrogen-bond donors (Lipinski definition) is 1. The van der Waals surface area contributed by atoms with Gasteiger partial charge in [-0.05, 0) is 30.5 Å². The fourth-order valence-corrected chi connectivity index (χ4v) is 2.64. The zero-order valence-electron chi connectivity index (χ0n) is 9.47. The lowest BCUT2D eigenvalue weighted by molar-refractivity contribution is 0.0696. The van der Waals surface area contributed by atoms with Crippen LogP contribution in [-0.4, -0.2) is 21.0 Å². The molecule has 1 rings (SSSR count). The summed E-state index contributed by atoms with van der Waals surface area (Å²) in [6.45, 7) is 4.15. The quantitative estimate of drug-likeness (QED) is 0.860. The summed E-state index contributed by atoms with van der Waals surface area (Å²) in [4.78, 5) is 11.3. The molecule has 0 aliphatic rings. The molecule has 0 aliphatic carbocycles. The maximum Gasteiger partial charge on any atom is 0.335 e. The molecule has 1 aromatic rings. The van der Waals surface area contributed by atoms with Crippen molar-refractivity contribution in [3.8, 4) is 0 Å². The number of rotatable bonds is 5. The predicted molar refractivity (Wildman–Crippen MR) is 64.1 cm³/mol. The molecule has 0 saturated carbocycles. The van der Waals surface area contributed by atoms with Gasteiger partial charge < -0.3 is 5.11 Å². The lowest BCUT2D eigenvalue weighted by Gasteiger charge is -2.05. The normalized spacial score (nSPS) is 12.7. The van der Waals surface area contributed by atoms with E-state index < -0.39 is 16.8 Å². The van der Waals surface area contributed by atoms with Gasteiger partial charge in [0.05, 0.1) is 16.4 Å². The van der Waals surface area contributed by atoms with Gasteiger partial charge in [-0.3, -0.25) is 4.21 Å². The van der Waals surface area contributed by atoms with Gasteiger partial charge in [0, 0.05) is 10.6 Å². The highest BCUT2D eigenvalue weighted by molar-refractivity contribution is 7.85. The molecule has 1 atom stereocenters. The minimum Gasteiger partial charge on any atom is -0.478 e. The Hall–Kier alpha value is -1.16. The van der Waals surface area contributed by atoms with Crippen LogP contribution in [0.5, 0.6) is 0 Å². The minimum atomic E-state index is -1.09. The van der Waals surface area contributed by atoms with Crippen LogP contribution in [-0.2, 0) is 10.8 Å². The SMILES string of the molecule is CC(C)CCS(=O)c1cccc(C(=O)O)c1. The zero-order valence-corrected chi connectivity index (χ0v) is 10.3. The molecule has 1 N–H and O–H groups in total. The minimum absolute atomic E-state index is 0.190. The molecule has 0 saturated heterocycles. The number of aromatic carboxylic acids is 1. The lowest BCUT2D eigenvalue weighted by Crippen LogP contribution is -2.03. The van der Waals surface area contributed by atoms with E-state index in [2.05, 4.69) is 13.8 Å². The fourth-order valence-electron chi connectivity index (χ4n) is 1.23. The van der Waals surface area contributed by atoms with Crippen LogP contribution in [0.3, 0.4) is 0 Å². The third kappa shape index (κ3) is 3.77. The molecule has 0 heterocycles. The maximum absolute atomic E-state index is 11.8. The van der Waals surface area contributed by atoms with Gasteiger partial charge in [-0.25, -0.2) is 4.79 Å². The van der Waals surface area contributed by atoms with E-state index in [4.69, 9.17) is 5.11 Å². The third-order valence-corrected chi connectivity index (χ3v) is 3.61. The average Bonchev–Trinajstić information content (AvgIpc) is 2.26. The molecule has 0 amide bonds. The Morgan fingerprint density at radius 2 is 2.12 bits per heavy atom. The van der Waals surface area contributed by atoms with Crippen LogP contribution in [0, 0.1) is 5.92 Å². The van der Waals surface area contributed by atoms with E-state index in [0.717, 1.165) is 6.42 Å². The summed E-state index contributed by atoms with van der Waals surface area (Å²) < 4.78 is 11.8. The molecular weight excluding hydrogens is 224 g/mol. The molecule has 3 nitrogen and oxygen atoms in total. The van der Waals surface area contributed by atoms with Crippen molar-refractivity contribution >= 4 is 16.8 Å². The first-order valence-electron chi connectivity index (χ1n) is 5.22. The summed E-state index contributed by atoms with van der Waals surface area (Å²) >= 11 is 0. The highest BCUT2D eigenvalue weighted by atomic mass is 32.2. The number of carboxylic acids is 1. The Bertz CT molecular complexity index is 399. The summed E-state index contributed by atoms with van der Waals surface area (Å²) in [6.07, 6.45) is 0.879. The number of benzene rings is 1. The zero-order chi connectivity index (χ0) is 12.1. The van der Waals surface area contributed by atoms with Crippen LogP contribution in [0.15, 0.2) is 29.2 Å². The molecule has 0 fully saturated rings.